The molecule has 35 heavy (non-hydrogen) atoms. The summed E-state index contributed by atoms with van der Waals surface area (Å²) in [5.74, 6) is 2.97. The molecule has 1 fully saturated rings. The predicted molar refractivity (Wildman–Crippen MR) is 133 cm³/mol. The number of hydrogen-bond acceptors (Lipinski definition) is 6. The van der Waals surface area contributed by atoms with Crippen molar-refractivity contribution in [2.24, 2.45) is 10.9 Å². The molecule has 1 aromatic heterocycles. The van der Waals surface area contributed by atoms with Crippen LogP contribution in [0.3, 0.4) is 0 Å². The average molecular weight is 532 g/mol. The van der Waals surface area contributed by atoms with Crippen LogP contribution in [0, 0.1) is 18.3 Å². The highest BCUT2D eigenvalue weighted by Crippen LogP contribution is 2.35. The van der Waals surface area contributed by atoms with Crippen LogP contribution >= 0.6 is 22.9 Å². The van der Waals surface area contributed by atoms with Crippen LogP contribution in [-0.2, 0) is 21.4 Å². The van der Waals surface area contributed by atoms with Crippen LogP contribution in [0.25, 0.3) is 10.2 Å². The van der Waals surface area contributed by atoms with Gasteiger partial charge in [0.05, 0.1) is 27.6 Å². The van der Waals surface area contributed by atoms with Gasteiger partial charge in [0, 0.05) is 30.2 Å². The number of ether oxygens (including phenoxy) is 2. The molecule has 3 aromatic rings. The minimum atomic E-state index is -3.74. The van der Waals surface area contributed by atoms with Crippen LogP contribution in [0.2, 0.25) is 5.02 Å². The average Bonchev–Trinajstić information content (AvgIpc) is 3.18. The summed E-state index contributed by atoms with van der Waals surface area (Å²) in [4.78, 5) is 18.2. The van der Waals surface area contributed by atoms with Gasteiger partial charge in [-0.2, -0.15) is 9.30 Å². The first-order valence-electron chi connectivity index (χ1n) is 11.1. The number of aromatic nitrogens is 1. The predicted octanol–water partition coefficient (Wildman–Crippen LogP) is 3.29. The number of thiazole rings is 1. The Labute approximate surface area is 211 Å². The van der Waals surface area contributed by atoms with Gasteiger partial charge in [-0.1, -0.05) is 28.9 Å². The second kappa shape index (κ2) is 9.66. The molecule has 2 aromatic carbocycles. The van der Waals surface area contributed by atoms with Crippen molar-refractivity contribution >= 4 is 49.1 Å². The minimum Gasteiger partial charge on any atom is -0.486 e. The van der Waals surface area contributed by atoms with Crippen molar-refractivity contribution in [2.45, 2.75) is 24.3 Å². The quantitative estimate of drug-likeness (QED) is 0.482. The van der Waals surface area contributed by atoms with Gasteiger partial charge >= 0.3 is 0 Å². The van der Waals surface area contributed by atoms with Gasteiger partial charge in [0.25, 0.3) is 5.91 Å². The van der Waals surface area contributed by atoms with Gasteiger partial charge in [-0.3, -0.25) is 4.79 Å². The number of piperidine rings is 1. The summed E-state index contributed by atoms with van der Waals surface area (Å²) in [5, 5.41) is 0.456. The molecule has 182 valence electrons. The lowest BCUT2D eigenvalue weighted by atomic mass is 9.99. The van der Waals surface area contributed by atoms with E-state index in [2.05, 4.69) is 10.9 Å². The second-order valence-corrected chi connectivity index (χ2v) is 11.6. The van der Waals surface area contributed by atoms with E-state index in [1.165, 1.54) is 39.9 Å². The SMILES string of the molecule is C#CCn1c(=NC(=O)C2CCCN(S(=O)(=O)c3ccc(Cl)cc3)C2)sc2cc3c(cc21)OCCO3. The van der Waals surface area contributed by atoms with Crippen molar-refractivity contribution < 1.29 is 22.7 Å². The van der Waals surface area contributed by atoms with E-state index in [-0.39, 0.29) is 23.9 Å². The lowest BCUT2D eigenvalue weighted by Gasteiger charge is -2.30. The number of nitrogens with zero attached hydrogens (tertiary/aromatic N) is 3. The van der Waals surface area contributed by atoms with Gasteiger partial charge in [-0.05, 0) is 37.1 Å². The van der Waals surface area contributed by atoms with Crippen molar-refractivity contribution in [1.82, 2.24) is 8.87 Å². The first-order chi connectivity index (χ1) is 16.9. The monoisotopic (exact) mass is 531 g/mol. The molecule has 1 unspecified atom stereocenters. The van der Waals surface area contributed by atoms with Crippen LogP contribution in [0.15, 0.2) is 46.3 Å². The topological polar surface area (TPSA) is 90.2 Å². The summed E-state index contributed by atoms with van der Waals surface area (Å²) >= 11 is 7.23. The third kappa shape index (κ3) is 4.69. The Hall–Kier alpha value is -2.84. The Balaban J connectivity index is 1.45. The molecule has 5 rings (SSSR count). The largest absolute Gasteiger partial charge is 0.486 e. The molecule has 1 amide bonds. The van der Waals surface area contributed by atoms with Gasteiger partial charge in [0.2, 0.25) is 10.0 Å². The summed E-state index contributed by atoms with van der Waals surface area (Å²) < 4.78 is 41.6. The Kier molecular flexibility index (Phi) is 6.59. The minimum absolute atomic E-state index is 0.0727. The first-order valence-corrected chi connectivity index (χ1v) is 13.7. The number of fused-ring (bicyclic) bond motifs is 2. The zero-order valence-corrected chi connectivity index (χ0v) is 21.0. The van der Waals surface area contributed by atoms with Gasteiger partial charge in [0.15, 0.2) is 16.3 Å². The molecule has 2 aliphatic heterocycles. The molecular formula is C24H22ClN3O5S2. The number of sulfonamides is 1. The Morgan fingerprint density at radius 2 is 1.91 bits per heavy atom. The maximum Gasteiger partial charge on any atom is 0.252 e. The van der Waals surface area contributed by atoms with E-state index >= 15 is 0 Å². The summed E-state index contributed by atoms with van der Waals surface area (Å²) in [6, 6.07) is 9.74. The van der Waals surface area contributed by atoms with Crippen molar-refractivity contribution in [3.8, 4) is 23.8 Å². The number of hydrogen-bond donors (Lipinski definition) is 0. The number of carbonyl (C=O) groups excluding carboxylic acids is 1. The van der Waals surface area contributed by atoms with Crippen LogP contribution in [0.5, 0.6) is 11.5 Å². The van der Waals surface area contributed by atoms with Crippen molar-refractivity contribution in [3.05, 3.63) is 46.2 Å². The highest BCUT2D eigenvalue weighted by molar-refractivity contribution is 7.89. The third-order valence-electron chi connectivity index (χ3n) is 5.99. The summed E-state index contributed by atoms with van der Waals surface area (Å²) in [6.45, 7) is 1.59. The van der Waals surface area contributed by atoms with Crippen molar-refractivity contribution in [2.75, 3.05) is 26.3 Å². The number of rotatable bonds is 4. The molecule has 1 saturated heterocycles. The fraction of sp³-hybridized carbons (Fsp3) is 0.333. The summed E-state index contributed by atoms with van der Waals surface area (Å²) in [7, 11) is -3.74. The molecule has 0 radical (unpaired) electrons. The van der Waals surface area contributed by atoms with E-state index in [9.17, 15) is 13.2 Å². The fourth-order valence-electron chi connectivity index (χ4n) is 4.24. The molecular weight excluding hydrogens is 510 g/mol. The molecule has 1 atom stereocenters. The molecule has 0 bridgehead atoms. The molecule has 8 nitrogen and oxygen atoms in total. The van der Waals surface area contributed by atoms with Gasteiger partial charge in [-0.15, -0.1) is 6.42 Å². The highest BCUT2D eigenvalue weighted by atomic mass is 35.5. The van der Waals surface area contributed by atoms with E-state index in [1.807, 2.05) is 12.1 Å². The highest BCUT2D eigenvalue weighted by Gasteiger charge is 2.33. The molecule has 0 saturated carbocycles. The molecule has 11 heteroatoms. The summed E-state index contributed by atoms with van der Waals surface area (Å²) in [5.41, 5.74) is 0.805. The molecule has 0 N–H and O–H groups in total. The molecule has 0 aliphatic carbocycles. The Morgan fingerprint density at radius 1 is 1.20 bits per heavy atom. The first kappa shape index (κ1) is 23.9. The van der Waals surface area contributed by atoms with E-state index < -0.39 is 15.9 Å². The Morgan fingerprint density at radius 3 is 2.63 bits per heavy atom. The number of terminal acetylenes is 1. The van der Waals surface area contributed by atoms with Gasteiger partial charge in [0.1, 0.15) is 13.2 Å². The number of carbonyl (C=O) groups is 1. The zero-order valence-electron chi connectivity index (χ0n) is 18.6. The van der Waals surface area contributed by atoms with Crippen molar-refractivity contribution in [1.29, 1.82) is 0 Å². The van der Waals surface area contributed by atoms with Crippen LogP contribution in [0.4, 0.5) is 0 Å². The fourth-order valence-corrected chi connectivity index (χ4v) is 6.93. The van der Waals surface area contributed by atoms with Crippen LogP contribution in [0.1, 0.15) is 12.8 Å². The number of halogens is 1. The summed E-state index contributed by atoms with van der Waals surface area (Å²) in [6.07, 6.45) is 6.72. The number of amides is 1. The van der Waals surface area contributed by atoms with E-state index in [0.29, 0.717) is 53.9 Å². The normalized spacial score (nSPS) is 19.0. The molecule has 2 aliphatic rings. The third-order valence-corrected chi connectivity index (χ3v) is 9.16. The lowest BCUT2D eigenvalue weighted by molar-refractivity contribution is -0.122. The van der Waals surface area contributed by atoms with Crippen LogP contribution < -0.4 is 14.3 Å². The standard InChI is InChI=1S/C24H22ClN3O5S2/c1-2-9-28-19-13-20-21(33-12-11-32-20)14-22(19)34-24(28)26-23(29)16-4-3-10-27(15-16)35(30,31)18-7-5-17(25)6-8-18/h1,5-8,13-14,16H,3-4,9-12,15H2. The molecule has 3 heterocycles. The molecule has 0 spiro atoms. The van der Waals surface area contributed by atoms with Crippen molar-refractivity contribution in [3.63, 3.8) is 0 Å². The van der Waals surface area contributed by atoms with Gasteiger partial charge in [-0.25, -0.2) is 8.42 Å². The zero-order chi connectivity index (χ0) is 24.6. The number of benzene rings is 2. The maximum absolute atomic E-state index is 13.2. The van der Waals surface area contributed by atoms with E-state index in [0.717, 1.165) is 10.2 Å². The lowest BCUT2D eigenvalue weighted by Crippen LogP contribution is -2.42. The smallest absolute Gasteiger partial charge is 0.252 e. The maximum atomic E-state index is 13.2. The second-order valence-electron chi connectivity index (χ2n) is 8.24. The van der Waals surface area contributed by atoms with Gasteiger partial charge < -0.3 is 14.0 Å². The van der Waals surface area contributed by atoms with Crippen LogP contribution in [-0.4, -0.2) is 49.5 Å². The van der Waals surface area contributed by atoms with E-state index in [4.69, 9.17) is 27.5 Å². The Bertz CT molecular complexity index is 1500. The van der Waals surface area contributed by atoms with E-state index in [1.54, 1.807) is 4.57 Å².